The molecule has 7 heteroatoms. The van der Waals surface area contributed by atoms with Crippen molar-refractivity contribution in [2.24, 2.45) is 0 Å². The summed E-state index contributed by atoms with van der Waals surface area (Å²) in [6.45, 7) is 3.01. The van der Waals surface area contributed by atoms with Gasteiger partial charge >= 0.3 is 0 Å². The van der Waals surface area contributed by atoms with Gasteiger partial charge in [-0.15, -0.1) is 0 Å². The van der Waals surface area contributed by atoms with Gasteiger partial charge in [0.15, 0.2) is 5.65 Å². The number of hydrogen-bond acceptors (Lipinski definition) is 4. The van der Waals surface area contributed by atoms with Crippen molar-refractivity contribution >= 4 is 17.2 Å². The number of aryl methyl sites for hydroxylation is 1. The number of hydrogen-bond donors (Lipinski definition) is 0. The van der Waals surface area contributed by atoms with Crippen molar-refractivity contribution in [2.75, 3.05) is 36.0 Å². The third-order valence-corrected chi connectivity index (χ3v) is 6.74. The summed E-state index contributed by atoms with van der Waals surface area (Å²) in [4.78, 5) is 9.40. The van der Waals surface area contributed by atoms with E-state index in [1.54, 1.807) is 12.1 Å². The molecule has 4 aromatic rings. The van der Waals surface area contributed by atoms with Crippen LogP contribution in [0.15, 0.2) is 54.6 Å². The molecule has 1 fully saturated rings. The van der Waals surface area contributed by atoms with E-state index in [4.69, 9.17) is 10.1 Å². The lowest BCUT2D eigenvalue weighted by Gasteiger charge is -2.38. The number of halogens is 2. The Morgan fingerprint density at radius 2 is 1.58 bits per heavy atom. The highest BCUT2D eigenvalue weighted by molar-refractivity contribution is 5.68. The van der Waals surface area contributed by atoms with Gasteiger partial charge in [0.1, 0.15) is 17.5 Å². The van der Waals surface area contributed by atoms with Gasteiger partial charge in [-0.05, 0) is 49.9 Å². The molecule has 0 N–H and O–H groups in total. The number of aromatic nitrogens is 3. The lowest BCUT2D eigenvalue weighted by atomic mass is 9.96. The molecule has 33 heavy (non-hydrogen) atoms. The maximum absolute atomic E-state index is 14.3. The molecule has 1 aliphatic heterocycles. The molecule has 1 aliphatic carbocycles. The second-order valence-corrected chi connectivity index (χ2v) is 8.80. The number of para-hydroxylation sites is 1. The van der Waals surface area contributed by atoms with Crippen molar-refractivity contribution in [3.8, 4) is 11.3 Å². The van der Waals surface area contributed by atoms with Crippen LogP contribution in [0.1, 0.15) is 24.1 Å². The van der Waals surface area contributed by atoms with Crippen LogP contribution in [0, 0.1) is 11.6 Å². The zero-order valence-electron chi connectivity index (χ0n) is 18.3. The Kier molecular flexibility index (Phi) is 4.97. The van der Waals surface area contributed by atoms with E-state index in [0.29, 0.717) is 5.69 Å². The van der Waals surface area contributed by atoms with Gasteiger partial charge in [-0.25, -0.2) is 13.8 Å². The van der Waals surface area contributed by atoms with Crippen molar-refractivity contribution in [3.05, 3.63) is 77.5 Å². The van der Waals surface area contributed by atoms with Crippen molar-refractivity contribution in [1.29, 1.82) is 0 Å². The standard InChI is InChI=1S/C26H25F2N5/c27-19-7-5-6-18(16-19)23-17-25-29-22-10-3-1-8-20(22)26(33(25)30-23)32-14-12-31(13-15-32)24-11-4-2-9-21(24)28/h2,4-7,9,11,16-17H,1,3,8,10,12-15H2. The largest absolute Gasteiger partial charge is 0.366 e. The average Bonchev–Trinajstić information content (AvgIpc) is 3.27. The zero-order chi connectivity index (χ0) is 22.4. The fourth-order valence-corrected chi connectivity index (χ4v) is 5.11. The first-order valence-corrected chi connectivity index (χ1v) is 11.6. The van der Waals surface area contributed by atoms with E-state index in [9.17, 15) is 8.78 Å². The molecule has 0 spiro atoms. The quantitative estimate of drug-likeness (QED) is 0.450. The fourth-order valence-electron chi connectivity index (χ4n) is 5.11. The smallest absolute Gasteiger partial charge is 0.158 e. The zero-order valence-corrected chi connectivity index (χ0v) is 18.3. The normalized spacial score (nSPS) is 16.3. The Morgan fingerprint density at radius 1 is 0.788 bits per heavy atom. The van der Waals surface area contributed by atoms with E-state index in [1.165, 1.54) is 23.8 Å². The Bertz CT molecular complexity index is 1320. The summed E-state index contributed by atoms with van der Waals surface area (Å²) in [5.41, 5.74) is 5.32. The summed E-state index contributed by atoms with van der Waals surface area (Å²) in [6, 6.07) is 15.4. The van der Waals surface area contributed by atoms with Crippen LogP contribution in [0.3, 0.4) is 0 Å². The molecule has 2 aliphatic rings. The summed E-state index contributed by atoms with van der Waals surface area (Å²) in [6.07, 6.45) is 4.23. The summed E-state index contributed by atoms with van der Waals surface area (Å²) < 4.78 is 30.1. The van der Waals surface area contributed by atoms with E-state index in [-0.39, 0.29) is 11.6 Å². The minimum Gasteiger partial charge on any atom is -0.366 e. The van der Waals surface area contributed by atoms with E-state index >= 15 is 0 Å². The number of anilines is 2. The highest BCUT2D eigenvalue weighted by Gasteiger charge is 2.27. The number of nitrogens with zero attached hydrogens (tertiary/aromatic N) is 5. The van der Waals surface area contributed by atoms with Gasteiger partial charge in [-0.3, -0.25) is 0 Å². The van der Waals surface area contributed by atoms with Gasteiger partial charge in [0.25, 0.3) is 0 Å². The van der Waals surface area contributed by atoms with Crippen LogP contribution < -0.4 is 9.80 Å². The van der Waals surface area contributed by atoms with Gasteiger partial charge in [0.2, 0.25) is 0 Å². The lowest BCUT2D eigenvalue weighted by Crippen LogP contribution is -2.48. The topological polar surface area (TPSA) is 36.7 Å². The average molecular weight is 446 g/mol. The van der Waals surface area contributed by atoms with Gasteiger partial charge in [-0.1, -0.05) is 24.3 Å². The van der Waals surface area contributed by atoms with Crippen molar-refractivity contribution in [3.63, 3.8) is 0 Å². The minimum atomic E-state index is -0.277. The van der Waals surface area contributed by atoms with Crippen LogP contribution in [-0.4, -0.2) is 40.8 Å². The van der Waals surface area contributed by atoms with Gasteiger partial charge in [0.05, 0.1) is 11.4 Å². The molecule has 0 amide bonds. The summed E-state index contributed by atoms with van der Waals surface area (Å²) in [7, 11) is 0. The highest BCUT2D eigenvalue weighted by atomic mass is 19.1. The van der Waals surface area contributed by atoms with Crippen LogP contribution in [-0.2, 0) is 12.8 Å². The molecule has 0 unspecified atom stereocenters. The van der Waals surface area contributed by atoms with Gasteiger partial charge in [-0.2, -0.15) is 9.61 Å². The SMILES string of the molecule is Fc1cccc(-c2cc3nc4c(c(N5CCN(c6ccccc6F)CC5)n3n2)CCCC4)c1. The predicted molar refractivity (Wildman–Crippen MR) is 126 cm³/mol. The maximum atomic E-state index is 14.3. The van der Waals surface area contributed by atoms with Crippen molar-refractivity contribution < 1.29 is 8.78 Å². The second kappa shape index (κ2) is 8.14. The summed E-state index contributed by atoms with van der Waals surface area (Å²) >= 11 is 0. The van der Waals surface area contributed by atoms with Crippen LogP contribution >= 0.6 is 0 Å². The van der Waals surface area contributed by atoms with Crippen molar-refractivity contribution in [2.45, 2.75) is 25.7 Å². The van der Waals surface area contributed by atoms with Gasteiger partial charge in [0, 0.05) is 49.1 Å². The van der Waals surface area contributed by atoms with Crippen LogP contribution in [0.4, 0.5) is 20.3 Å². The van der Waals surface area contributed by atoms with Crippen LogP contribution in [0.2, 0.25) is 0 Å². The molecule has 1 saturated heterocycles. The lowest BCUT2D eigenvalue weighted by molar-refractivity contribution is 0.588. The third-order valence-electron chi connectivity index (χ3n) is 6.74. The molecule has 0 saturated carbocycles. The van der Waals surface area contributed by atoms with Crippen LogP contribution in [0.25, 0.3) is 16.9 Å². The minimum absolute atomic E-state index is 0.179. The van der Waals surface area contributed by atoms with E-state index < -0.39 is 0 Å². The Hall–Kier alpha value is -3.48. The maximum Gasteiger partial charge on any atom is 0.158 e. The molecule has 168 valence electrons. The summed E-state index contributed by atoms with van der Waals surface area (Å²) in [5, 5.41) is 4.87. The van der Waals surface area contributed by atoms with E-state index in [2.05, 4.69) is 9.80 Å². The molecule has 0 bridgehead atoms. The first-order chi connectivity index (χ1) is 16.2. The first-order valence-electron chi connectivity index (χ1n) is 11.6. The van der Waals surface area contributed by atoms with E-state index in [0.717, 1.165) is 80.3 Å². The monoisotopic (exact) mass is 445 g/mol. The number of rotatable bonds is 3. The summed E-state index contributed by atoms with van der Waals surface area (Å²) in [5.74, 6) is 0.633. The molecule has 3 heterocycles. The number of piperazine rings is 1. The molecule has 2 aromatic heterocycles. The van der Waals surface area contributed by atoms with Gasteiger partial charge < -0.3 is 9.80 Å². The Labute approximate surface area is 191 Å². The Morgan fingerprint density at radius 3 is 2.39 bits per heavy atom. The first kappa shape index (κ1) is 20.1. The molecule has 0 atom stereocenters. The van der Waals surface area contributed by atoms with Crippen molar-refractivity contribution in [1.82, 2.24) is 14.6 Å². The molecular weight excluding hydrogens is 420 g/mol. The predicted octanol–water partition coefficient (Wildman–Crippen LogP) is 4.88. The third kappa shape index (κ3) is 3.61. The molecule has 6 rings (SSSR count). The van der Waals surface area contributed by atoms with E-state index in [1.807, 2.05) is 28.8 Å². The Balaban J connectivity index is 1.39. The molecule has 2 aromatic carbocycles. The fraction of sp³-hybridized carbons (Fsp3) is 0.308. The highest BCUT2D eigenvalue weighted by Crippen LogP contribution is 2.33. The molecule has 5 nitrogen and oxygen atoms in total. The molecule has 0 radical (unpaired) electrons. The number of fused-ring (bicyclic) bond motifs is 2. The molecular formula is C26H25F2N5. The second-order valence-electron chi connectivity index (χ2n) is 8.80. The van der Waals surface area contributed by atoms with Crippen LogP contribution in [0.5, 0.6) is 0 Å². The number of benzene rings is 2.